The van der Waals surface area contributed by atoms with Gasteiger partial charge in [0.2, 0.25) is 5.91 Å². The van der Waals surface area contributed by atoms with Gasteiger partial charge in [0.05, 0.1) is 6.42 Å². The Kier molecular flexibility index (Phi) is 7.71. The number of Topliss-reactive ketones (excluding diaryl/α,β-unsaturated/α-hetero) is 1. The first-order chi connectivity index (χ1) is 12.9. The minimum absolute atomic E-state index is 0.0785. The van der Waals surface area contributed by atoms with Crippen molar-refractivity contribution in [3.05, 3.63) is 22.4 Å². The lowest BCUT2D eigenvalue weighted by atomic mass is 10.0. The Morgan fingerprint density at radius 3 is 2.78 bits per heavy atom. The van der Waals surface area contributed by atoms with Crippen LogP contribution in [0.25, 0.3) is 0 Å². The topological polar surface area (TPSA) is 113 Å². The Bertz CT molecular complexity index is 681. The molecule has 2 rings (SSSR count). The zero-order valence-corrected chi connectivity index (χ0v) is 15.4. The smallest absolute Gasteiger partial charge is 0.410 e. The maximum atomic E-state index is 12.6. The van der Waals surface area contributed by atoms with E-state index in [1.807, 2.05) is 16.8 Å². The summed E-state index contributed by atoms with van der Waals surface area (Å²) in [6.07, 6.45) is 0.353. The van der Waals surface area contributed by atoms with Gasteiger partial charge in [-0.05, 0) is 36.1 Å². The lowest BCUT2D eigenvalue weighted by Crippen LogP contribution is -2.55. The van der Waals surface area contributed by atoms with E-state index in [-0.39, 0.29) is 6.61 Å². The zero-order chi connectivity index (χ0) is 19.8. The number of rotatable bonds is 8. The van der Waals surface area contributed by atoms with E-state index in [0.29, 0.717) is 25.8 Å². The fourth-order valence-electron chi connectivity index (χ4n) is 2.81. The number of carbonyl (C=O) groups excluding carboxylic acids is 3. The molecule has 1 fully saturated rings. The number of piperidine rings is 1. The Morgan fingerprint density at radius 2 is 2.15 bits per heavy atom. The molecule has 0 saturated carbocycles. The maximum absolute atomic E-state index is 12.6. The molecule has 0 bridgehead atoms. The van der Waals surface area contributed by atoms with Crippen LogP contribution in [0.5, 0.6) is 0 Å². The number of amides is 2. The molecule has 1 aliphatic heterocycles. The van der Waals surface area contributed by atoms with Gasteiger partial charge in [0.25, 0.3) is 0 Å². The quantitative estimate of drug-likeness (QED) is 0.687. The highest BCUT2D eigenvalue weighted by Gasteiger charge is 2.35. The summed E-state index contributed by atoms with van der Waals surface area (Å²) in [5.74, 6) is -3.04. The van der Waals surface area contributed by atoms with Gasteiger partial charge in [-0.1, -0.05) is 0 Å². The van der Waals surface area contributed by atoms with Crippen LogP contribution in [-0.2, 0) is 25.7 Å². The van der Waals surface area contributed by atoms with Crippen LogP contribution in [0, 0.1) is 0 Å². The van der Waals surface area contributed by atoms with Gasteiger partial charge >= 0.3 is 12.1 Å². The standard InChI is InChI=1S/C17H21FN2O6S/c18-8-14(21)12(7-15(22)23)19-16(24)13-3-1-2-5-20(13)17(25)26-9-11-4-6-27-10-11/h4,6,10,12-13H,1-3,5,7-9H2,(H,19,24)(H,22,23)/t12?,13-/m0/s1. The second-order valence-electron chi connectivity index (χ2n) is 6.15. The number of nitrogens with one attached hydrogen (secondary N) is 1. The van der Waals surface area contributed by atoms with Crippen molar-refractivity contribution in [2.24, 2.45) is 0 Å². The van der Waals surface area contributed by atoms with Gasteiger partial charge in [-0.15, -0.1) is 0 Å². The number of halogens is 1. The molecule has 1 unspecified atom stereocenters. The molecule has 10 heteroatoms. The predicted molar refractivity (Wildman–Crippen MR) is 94.0 cm³/mol. The molecule has 2 atom stereocenters. The van der Waals surface area contributed by atoms with Crippen LogP contribution in [0.15, 0.2) is 16.8 Å². The number of hydrogen-bond donors (Lipinski definition) is 2. The van der Waals surface area contributed by atoms with Crippen LogP contribution >= 0.6 is 11.3 Å². The molecule has 2 heterocycles. The fourth-order valence-corrected chi connectivity index (χ4v) is 3.46. The third-order valence-corrected chi connectivity index (χ3v) is 4.93. The Labute approximate surface area is 159 Å². The zero-order valence-electron chi connectivity index (χ0n) is 14.6. The molecule has 0 aliphatic carbocycles. The lowest BCUT2D eigenvalue weighted by Gasteiger charge is -2.34. The molecule has 1 aromatic heterocycles. The predicted octanol–water partition coefficient (Wildman–Crippen LogP) is 1.74. The number of likely N-dealkylation sites (tertiary alicyclic amines) is 1. The number of carbonyl (C=O) groups is 4. The van der Waals surface area contributed by atoms with Gasteiger partial charge in [0.15, 0.2) is 5.78 Å². The molecular weight excluding hydrogens is 379 g/mol. The molecule has 148 valence electrons. The van der Waals surface area contributed by atoms with Crippen molar-refractivity contribution in [3.63, 3.8) is 0 Å². The molecule has 0 aromatic carbocycles. The number of alkyl halides is 1. The van der Waals surface area contributed by atoms with Crippen LogP contribution in [0.3, 0.4) is 0 Å². The number of carboxylic acids is 1. The number of hydrogen-bond acceptors (Lipinski definition) is 6. The SMILES string of the molecule is O=C(O)CC(NC(=O)[C@@H]1CCCCN1C(=O)OCc1ccsc1)C(=O)CF. The Hall–Kier alpha value is -2.49. The van der Waals surface area contributed by atoms with Crippen molar-refractivity contribution in [2.45, 2.75) is 44.4 Å². The minimum Gasteiger partial charge on any atom is -0.481 e. The summed E-state index contributed by atoms with van der Waals surface area (Å²) in [4.78, 5) is 48.6. The molecule has 27 heavy (non-hydrogen) atoms. The van der Waals surface area contributed by atoms with Crippen LogP contribution < -0.4 is 5.32 Å². The van der Waals surface area contributed by atoms with Crippen LogP contribution in [-0.4, -0.2) is 59.1 Å². The largest absolute Gasteiger partial charge is 0.481 e. The van der Waals surface area contributed by atoms with Gasteiger partial charge in [-0.25, -0.2) is 9.18 Å². The number of thiophene rings is 1. The van der Waals surface area contributed by atoms with E-state index in [9.17, 15) is 23.6 Å². The first kappa shape index (κ1) is 20.8. The van der Waals surface area contributed by atoms with Gasteiger partial charge in [0, 0.05) is 12.1 Å². The van der Waals surface area contributed by atoms with E-state index in [4.69, 9.17) is 9.84 Å². The van der Waals surface area contributed by atoms with E-state index in [0.717, 1.165) is 5.56 Å². The Balaban J connectivity index is 2.01. The Morgan fingerprint density at radius 1 is 1.37 bits per heavy atom. The van der Waals surface area contributed by atoms with Crippen LogP contribution in [0.4, 0.5) is 9.18 Å². The number of ketones is 1. The highest BCUT2D eigenvalue weighted by atomic mass is 32.1. The van der Waals surface area contributed by atoms with Crippen LogP contribution in [0.1, 0.15) is 31.2 Å². The third-order valence-electron chi connectivity index (χ3n) is 4.20. The van der Waals surface area contributed by atoms with Crippen molar-refractivity contribution in [3.8, 4) is 0 Å². The second-order valence-corrected chi connectivity index (χ2v) is 6.93. The monoisotopic (exact) mass is 400 g/mol. The van der Waals surface area contributed by atoms with Gasteiger partial charge < -0.3 is 15.2 Å². The molecule has 1 aliphatic rings. The summed E-state index contributed by atoms with van der Waals surface area (Å²) in [6, 6.07) is -0.541. The molecule has 2 amide bonds. The molecule has 0 spiro atoms. The number of nitrogens with zero attached hydrogens (tertiary/aromatic N) is 1. The fraction of sp³-hybridized carbons (Fsp3) is 0.529. The molecule has 2 N–H and O–H groups in total. The average molecular weight is 400 g/mol. The second kappa shape index (κ2) is 10.0. The summed E-state index contributed by atoms with van der Waals surface area (Å²) in [5, 5.41) is 14.8. The lowest BCUT2D eigenvalue weighted by molar-refractivity contribution is -0.140. The van der Waals surface area contributed by atoms with Crippen molar-refractivity contribution in [2.75, 3.05) is 13.2 Å². The highest BCUT2D eigenvalue weighted by molar-refractivity contribution is 7.07. The molecule has 8 nitrogen and oxygen atoms in total. The number of aliphatic carboxylic acids is 1. The molecule has 1 aromatic rings. The highest BCUT2D eigenvalue weighted by Crippen LogP contribution is 2.19. The molecular formula is C17H21FN2O6S. The molecule has 0 radical (unpaired) electrons. The van der Waals surface area contributed by atoms with E-state index in [1.54, 1.807) is 0 Å². The summed E-state index contributed by atoms with van der Waals surface area (Å²) in [5.41, 5.74) is 0.835. The van der Waals surface area contributed by atoms with Crippen molar-refractivity contribution in [1.29, 1.82) is 0 Å². The van der Waals surface area contributed by atoms with Crippen molar-refractivity contribution in [1.82, 2.24) is 10.2 Å². The van der Waals surface area contributed by atoms with E-state index in [2.05, 4.69) is 5.32 Å². The van der Waals surface area contributed by atoms with Crippen molar-refractivity contribution < 1.29 is 33.4 Å². The number of carboxylic acid groups (broad SMARTS) is 1. The minimum atomic E-state index is -1.47. The maximum Gasteiger partial charge on any atom is 0.410 e. The summed E-state index contributed by atoms with van der Waals surface area (Å²) >= 11 is 1.47. The number of ether oxygens (including phenoxy) is 1. The van der Waals surface area contributed by atoms with Gasteiger partial charge in [-0.2, -0.15) is 11.3 Å². The van der Waals surface area contributed by atoms with Gasteiger partial charge in [-0.3, -0.25) is 19.3 Å². The third kappa shape index (κ3) is 6.02. The van der Waals surface area contributed by atoms with E-state index in [1.165, 1.54) is 16.2 Å². The first-order valence-electron chi connectivity index (χ1n) is 8.47. The van der Waals surface area contributed by atoms with Crippen LogP contribution in [0.2, 0.25) is 0 Å². The summed E-state index contributed by atoms with van der Waals surface area (Å²) in [6.45, 7) is -0.994. The summed E-state index contributed by atoms with van der Waals surface area (Å²) < 4.78 is 17.9. The van der Waals surface area contributed by atoms with E-state index >= 15 is 0 Å². The summed E-state index contributed by atoms with van der Waals surface area (Å²) in [7, 11) is 0. The normalized spacial score (nSPS) is 17.8. The van der Waals surface area contributed by atoms with Gasteiger partial charge in [0.1, 0.15) is 25.4 Å². The van der Waals surface area contributed by atoms with Crippen molar-refractivity contribution >= 4 is 35.1 Å². The van der Waals surface area contributed by atoms with E-state index < -0.39 is 48.9 Å². The first-order valence-corrected chi connectivity index (χ1v) is 9.42. The average Bonchev–Trinajstić information content (AvgIpc) is 3.18. The molecule has 1 saturated heterocycles.